The molecule has 0 aromatic heterocycles. The van der Waals surface area contributed by atoms with E-state index in [1.807, 2.05) is 27.7 Å². The summed E-state index contributed by atoms with van der Waals surface area (Å²) >= 11 is 0. The van der Waals surface area contributed by atoms with Crippen molar-refractivity contribution in [1.82, 2.24) is 0 Å². The van der Waals surface area contributed by atoms with E-state index < -0.39 is 0 Å². The fourth-order valence-electron chi connectivity index (χ4n) is 0.544. The molecule has 0 heterocycles. The minimum Gasteiger partial charge on any atom is -0.394 e. The number of hydrogen-bond acceptors (Lipinski definition) is 3. The molecular weight excluding hydrogens is 144 g/mol. The summed E-state index contributed by atoms with van der Waals surface area (Å²) in [7, 11) is 0. The molecule has 0 aliphatic carbocycles. The van der Waals surface area contributed by atoms with Gasteiger partial charge < -0.3 is 14.9 Å². The highest BCUT2D eigenvalue weighted by Crippen LogP contribution is 1.93. The van der Waals surface area contributed by atoms with Crippen LogP contribution in [0.5, 0.6) is 0 Å². The molecule has 0 saturated carbocycles. The molecule has 0 spiro atoms. The van der Waals surface area contributed by atoms with Gasteiger partial charge in [-0.15, -0.1) is 0 Å². The Bertz CT molecular complexity index is 54.4. The van der Waals surface area contributed by atoms with E-state index in [2.05, 4.69) is 0 Å². The molecule has 0 rings (SSSR count). The van der Waals surface area contributed by atoms with E-state index in [9.17, 15) is 0 Å². The molecule has 3 heteroatoms. The highest BCUT2D eigenvalue weighted by Gasteiger charge is 1.94. The van der Waals surface area contributed by atoms with Gasteiger partial charge in [0.1, 0.15) is 0 Å². The zero-order chi connectivity index (χ0) is 9.28. The second-order valence-corrected chi connectivity index (χ2v) is 2.68. The van der Waals surface area contributed by atoms with Crippen molar-refractivity contribution in [3.63, 3.8) is 0 Å². The third kappa shape index (κ3) is 25.8. The number of hydrogen-bond donors (Lipinski definition) is 2. The lowest BCUT2D eigenvalue weighted by molar-refractivity contribution is 0.0300. The van der Waals surface area contributed by atoms with Crippen LogP contribution in [0.15, 0.2) is 0 Å². The minimum absolute atomic E-state index is 0.125. The molecular formula is C8H20O3. The van der Waals surface area contributed by atoms with Crippen molar-refractivity contribution in [3.05, 3.63) is 0 Å². The molecule has 11 heavy (non-hydrogen) atoms. The Hall–Kier alpha value is -0.120. The van der Waals surface area contributed by atoms with E-state index >= 15 is 0 Å². The number of aliphatic hydroxyl groups is 2. The summed E-state index contributed by atoms with van der Waals surface area (Å²) in [6.07, 6.45) is 0.750. The van der Waals surface area contributed by atoms with Gasteiger partial charge in [0.2, 0.25) is 0 Å². The molecule has 0 aliphatic heterocycles. The molecule has 0 atom stereocenters. The van der Waals surface area contributed by atoms with Gasteiger partial charge in [0.05, 0.1) is 25.4 Å². The van der Waals surface area contributed by atoms with E-state index in [0.29, 0.717) is 12.2 Å². The number of ether oxygens (including phenoxy) is 1. The average molecular weight is 164 g/mol. The zero-order valence-electron chi connectivity index (χ0n) is 7.87. The van der Waals surface area contributed by atoms with Gasteiger partial charge in [-0.25, -0.2) is 0 Å². The van der Waals surface area contributed by atoms with E-state index in [-0.39, 0.29) is 13.2 Å². The molecule has 0 fully saturated rings. The van der Waals surface area contributed by atoms with Gasteiger partial charge in [-0.3, -0.25) is 0 Å². The molecule has 0 aromatic carbocycles. The lowest BCUT2D eigenvalue weighted by Gasteiger charge is -2.09. The Morgan fingerprint density at radius 1 is 0.909 bits per heavy atom. The van der Waals surface area contributed by atoms with Crippen LogP contribution in [0.25, 0.3) is 0 Å². The van der Waals surface area contributed by atoms with Crippen LogP contribution in [0, 0.1) is 0 Å². The summed E-state index contributed by atoms with van der Waals surface area (Å²) in [6.45, 7) is 7.92. The maximum Gasteiger partial charge on any atom is 0.0662 e. The SMILES string of the molecule is CC(C)OC(C)C.OCCO. The molecule has 0 unspecified atom stereocenters. The summed E-state index contributed by atoms with van der Waals surface area (Å²) in [5.41, 5.74) is 0. The second kappa shape index (κ2) is 9.88. The van der Waals surface area contributed by atoms with Gasteiger partial charge in [-0.05, 0) is 27.7 Å². The number of rotatable bonds is 3. The van der Waals surface area contributed by atoms with Gasteiger partial charge in [0, 0.05) is 0 Å². The third-order valence-electron chi connectivity index (χ3n) is 0.644. The first-order valence-electron chi connectivity index (χ1n) is 3.91. The van der Waals surface area contributed by atoms with E-state index in [0.717, 1.165) is 0 Å². The predicted octanol–water partition coefficient (Wildman–Crippen LogP) is 0.791. The predicted molar refractivity (Wildman–Crippen MR) is 45.5 cm³/mol. The quantitative estimate of drug-likeness (QED) is 0.648. The highest BCUT2D eigenvalue weighted by atomic mass is 16.5. The van der Waals surface area contributed by atoms with Crippen molar-refractivity contribution in [1.29, 1.82) is 0 Å². The fraction of sp³-hybridized carbons (Fsp3) is 1.00. The average Bonchev–Trinajstić information content (AvgIpc) is 1.85. The van der Waals surface area contributed by atoms with Gasteiger partial charge in [0.25, 0.3) is 0 Å². The molecule has 2 N–H and O–H groups in total. The van der Waals surface area contributed by atoms with Gasteiger partial charge in [0.15, 0.2) is 0 Å². The van der Waals surface area contributed by atoms with Gasteiger partial charge in [-0.1, -0.05) is 0 Å². The van der Waals surface area contributed by atoms with Crippen LogP contribution in [0.4, 0.5) is 0 Å². The van der Waals surface area contributed by atoms with E-state index in [4.69, 9.17) is 14.9 Å². The maximum absolute atomic E-state index is 7.62. The summed E-state index contributed by atoms with van der Waals surface area (Å²) < 4.78 is 5.25. The molecule has 3 nitrogen and oxygen atoms in total. The van der Waals surface area contributed by atoms with Crippen LogP contribution < -0.4 is 0 Å². The summed E-state index contributed by atoms with van der Waals surface area (Å²) in [5, 5.41) is 15.2. The largest absolute Gasteiger partial charge is 0.394 e. The fourth-order valence-corrected chi connectivity index (χ4v) is 0.544. The second-order valence-electron chi connectivity index (χ2n) is 2.68. The maximum atomic E-state index is 7.62. The van der Waals surface area contributed by atoms with Crippen molar-refractivity contribution in [2.75, 3.05) is 13.2 Å². The molecule has 0 aromatic rings. The topological polar surface area (TPSA) is 49.7 Å². The smallest absolute Gasteiger partial charge is 0.0662 e. The van der Waals surface area contributed by atoms with Crippen LogP contribution >= 0.6 is 0 Å². The molecule has 0 amide bonds. The van der Waals surface area contributed by atoms with Crippen molar-refractivity contribution in [2.24, 2.45) is 0 Å². The lowest BCUT2D eigenvalue weighted by atomic mass is 10.4. The first kappa shape index (κ1) is 13.5. The van der Waals surface area contributed by atoms with Crippen LogP contribution in [0.1, 0.15) is 27.7 Å². The molecule has 0 saturated heterocycles. The van der Waals surface area contributed by atoms with Crippen molar-refractivity contribution < 1.29 is 14.9 Å². The van der Waals surface area contributed by atoms with Crippen molar-refractivity contribution in [2.45, 2.75) is 39.9 Å². The Kier molecular flexibility index (Phi) is 12.1. The summed E-state index contributed by atoms with van der Waals surface area (Å²) in [6, 6.07) is 0. The molecule has 0 aliphatic rings. The normalized spacial score (nSPS) is 9.82. The van der Waals surface area contributed by atoms with E-state index in [1.54, 1.807) is 0 Å². The van der Waals surface area contributed by atoms with Gasteiger partial charge >= 0.3 is 0 Å². The van der Waals surface area contributed by atoms with Crippen LogP contribution in [-0.2, 0) is 4.74 Å². The Balaban J connectivity index is 0. The standard InChI is InChI=1S/C6H14O.C2H6O2/c1-5(2)7-6(3)4;3-1-2-4/h5-6H,1-4H3;3-4H,1-2H2. The van der Waals surface area contributed by atoms with Crippen molar-refractivity contribution >= 4 is 0 Å². The van der Waals surface area contributed by atoms with E-state index in [1.165, 1.54) is 0 Å². The first-order valence-corrected chi connectivity index (χ1v) is 3.91. The first-order chi connectivity index (χ1) is 5.04. The monoisotopic (exact) mass is 164 g/mol. The Labute approximate surface area is 69.0 Å². The zero-order valence-corrected chi connectivity index (χ0v) is 7.87. The molecule has 0 radical (unpaired) electrons. The Morgan fingerprint density at radius 3 is 1.18 bits per heavy atom. The summed E-state index contributed by atoms with van der Waals surface area (Å²) in [4.78, 5) is 0. The van der Waals surface area contributed by atoms with Crippen LogP contribution in [0.2, 0.25) is 0 Å². The molecule has 70 valence electrons. The van der Waals surface area contributed by atoms with Gasteiger partial charge in [-0.2, -0.15) is 0 Å². The highest BCUT2D eigenvalue weighted by molar-refractivity contribution is 4.40. The third-order valence-corrected chi connectivity index (χ3v) is 0.644. The minimum atomic E-state index is -0.125. The van der Waals surface area contributed by atoms with Crippen molar-refractivity contribution in [3.8, 4) is 0 Å². The summed E-state index contributed by atoms with van der Waals surface area (Å²) in [5.74, 6) is 0. The van der Waals surface area contributed by atoms with Crippen LogP contribution in [0.3, 0.4) is 0 Å². The Morgan fingerprint density at radius 2 is 1.18 bits per heavy atom. The number of aliphatic hydroxyl groups excluding tert-OH is 2. The lowest BCUT2D eigenvalue weighted by Crippen LogP contribution is -2.09. The molecule has 0 bridgehead atoms. The van der Waals surface area contributed by atoms with Crippen LogP contribution in [-0.4, -0.2) is 35.6 Å².